The quantitative estimate of drug-likeness (QED) is 0.469. The number of fused-ring (bicyclic) bond motifs is 3. The maximum Gasteiger partial charge on any atom is 0.309 e. The van der Waals surface area contributed by atoms with Crippen LogP contribution in [0, 0.1) is 29.6 Å². The van der Waals surface area contributed by atoms with Gasteiger partial charge in [0.1, 0.15) is 0 Å². The maximum atomic E-state index is 11.5. The van der Waals surface area contributed by atoms with Gasteiger partial charge in [-0.3, -0.25) is 4.79 Å². The summed E-state index contributed by atoms with van der Waals surface area (Å²) < 4.78 is 4.84. The highest BCUT2D eigenvalue weighted by Gasteiger charge is 2.73. The lowest BCUT2D eigenvalue weighted by Crippen LogP contribution is -2.09. The van der Waals surface area contributed by atoms with Crippen LogP contribution in [0.15, 0.2) is 11.1 Å². The van der Waals surface area contributed by atoms with Crippen molar-refractivity contribution in [1.29, 1.82) is 0 Å². The first kappa shape index (κ1) is 8.51. The van der Waals surface area contributed by atoms with E-state index in [0.717, 1.165) is 11.8 Å². The SMILES string of the molecule is COC(=O)[C@H]1[C@@H]2C(=C(C)C)[C@H]3C[C@H]3[C@H]12. The molecular formula is C12H16O2. The molecule has 0 heterocycles. The Morgan fingerprint density at radius 3 is 2.71 bits per heavy atom. The van der Waals surface area contributed by atoms with Crippen molar-refractivity contribution in [3.63, 3.8) is 0 Å². The smallest absolute Gasteiger partial charge is 0.309 e. The van der Waals surface area contributed by atoms with Crippen LogP contribution < -0.4 is 0 Å². The fourth-order valence-corrected chi connectivity index (χ4v) is 3.66. The van der Waals surface area contributed by atoms with Gasteiger partial charge in [0, 0.05) is 0 Å². The van der Waals surface area contributed by atoms with Gasteiger partial charge in [0.2, 0.25) is 0 Å². The topological polar surface area (TPSA) is 26.3 Å². The summed E-state index contributed by atoms with van der Waals surface area (Å²) in [5.41, 5.74) is 3.03. The molecule has 14 heavy (non-hydrogen) atoms. The van der Waals surface area contributed by atoms with E-state index in [1.807, 2.05) is 0 Å². The van der Waals surface area contributed by atoms with Crippen molar-refractivity contribution in [3.8, 4) is 0 Å². The molecule has 3 aliphatic rings. The normalized spacial score (nSPS) is 46.8. The Kier molecular flexibility index (Phi) is 1.47. The van der Waals surface area contributed by atoms with Gasteiger partial charge in [-0.2, -0.15) is 0 Å². The monoisotopic (exact) mass is 192 g/mol. The van der Waals surface area contributed by atoms with Crippen molar-refractivity contribution < 1.29 is 9.53 Å². The number of esters is 1. The summed E-state index contributed by atoms with van der Waals surface area (Å²) in [6.45, 7) is 4.36. The zero-order valence-electron chi connectivity index (χ0n) is 8.91. The number of ether oxygens (including phenoxy) is 1. The predicted molar refractivity (Wildman–Crippen MR) is 52.5 cm³/mol. The summed E-state index contributed by atoms with van der Waals surface area (Å²) >= 11 is 0. The molecule has 2 heteroatoms. The molecule has 3 saturated carbocycles. The standard InChI is InChI=1S/C12H16O2/c1-5(2)8-6-4-7(6)9-10(8)11(9)12(13)14-3/h6-7,9-11H,4H2,1-3H3/t6-,7+,9-,10+,11+/m0/s1. The summed E-state index contributed by atoms with van der Waals surface area (Å²) in [5.74, 6) is 3.12. The fraction of sp³-hybridized carbons (Fsp3) is 0.750. The van der Waals surface area contributed by atoms with Crippen LogP contribution in [0.5, 0.6) is 0 Å². The molecule has 76 valence electrons. The number of hydrogen-bond donors (Lipinski definition) is 0. The molecule has 0 aliphatic heterocycles. The molecule has 0 N–H and O–H groups in total. The third kappa shape index (κ3) is 0.844. The summed E-state index contributed by atoms with van der Waals surface area (Å²) in [4.78, 5) is 11.5. The van der Waals surface area contributed by atoms with Gasteiger partial charge >= 0.3 is 5.97 Å². The van der Waals surface area contributed by atoms with E-state index in [-0.39, 0.29) is 11.9 Å². The van der Waals surface area contributed by atoms with E-state index in [1.54, 1.807) is 5.57 Å². The number of carbonyl (C=O) groups excluding carboxylic acids is 1. The highest BCUT2D eigenvalue weighted by molar-refractivity contribution is 5.79. The molecule has 0 aromatic carbocycles. The highest BCUT2D eigenvalue weighted by atomic mass is 16.5. The van der Waals surface area contributed by atoms with Gasteiger partial charge in [-0.25, -0.2) is 0 Å². The van der Waals surface area contributed by atoms with Crippen molar-refractivity contribution in [2.75, 3.05) is 7.11 Å². The lowest BCUT2D eigenvalue weighted by molar-refractivity contribution is -0.142. The molecule has 0 unspecified atom stereocenters. The zero-order chi connectivity index (χ0) is 10.0. The molecule has 3 fully saturated rings. The predicted octanol–water partition coefficient (Wildman–Crippen LogP) is 2.01. The molecule has 3 rings (SSSR count). The number of methoxy groups -OCH3 is 1. The Morgan fingerprint density at radius 1 is 1.43 bits per heavy atom. The first-order chi connectivity index (χ1) is 6.66. The maximum absolute atomic E-state index is 11.5. The van der Waals surface area contributed by atoms with Crippen LogP contribution in [0.1, 0.15) is 20.3 Å². The minimum Gasteiger partial charge on any atom is -0.469 e. The Hall–Kier alpha value is -0.790. The lowest BCUT2D eigenvalue weighted by atomic mass is 10.0. The van der Waals surface area contributed by atoms with Crippen LogP contribution in [0.2, 0.25) is 0 Å². The molecule has 0 bridgehead atoms. The van der Waals surface area contributed by atoms with Gasteiger partial charge < -0.3 is 4.74 Å². The molecule has 2 nitrogen and oxygen atoms in total. The molecule has 0 spiro atoms. The first-order valence-corrected chi connectivity index (χ1v) is 5.42. The first-order valence-electron chi connectivity index (χ1n) is 5.42. The van der Waals surface area contributed by atoms with E-state index >= 15 is 0 Å². The second-order valence-electron chi connectivity index (χ2n) is 5.11. The molecule has 0 aromatic heterocycles. The second kappa shape index (κ2) is 2.41. The van der Waals surface area contributed by atoms with E-state index in [1.165, 1.54) is 19.1 Å². The van der Waals surface area contributed by atoms with Gasteiger partial charge in [-0.05, 0) is 43.9 Å². The molecule has 5 atom stereocenters. The average molecular weight is 192 g/mol. The molecule has 0 saturated heterocycles. The van der Waals surface area contributed by atoms with E-state index < -0.39 is 0 Å². The molecule has 3 aliphatic carbocycles. The minimum atomic E-state index is 0.0177. The lowest BCUT2D eigenvalue weighted by Gasteiger charge is -2.06. The Morgan fingerprint density at radius 2 is 2.14 bits per heavy atom. The van der Waals surface area contributed by atoms with Crippen molar-refractivity contribution in [1.82, 2.24) is 0 Å². The zero-order valence-corrected chi connectivity index (χ0v) is 8.91. The minimum absolute atomic E-state index is 0.0177. The van der Waals surface area contributed by atoms with Crippen LogP contribution in [0.4, 0.5) is 0 Å². The van der Waals surface area contributed by atoms with E-state index in [0.29, 0.717) is 11.8 Å². The van der Waals surface area contributed by atoms with Gasteiger partial charge in [0.05, 0.1) is 13.0 Å². The van der Waals surface area contributed by atoms with Crippen molar-refractivity contribution in [3.05, 3.63) is 11.1 Å². The molecule has 0 amide bonds. The summed E-state index contributed by atoms with van der Waals surface area (Å²) in [6, 6.07) is 0. The van der Waals surface area contributed by atoms with Crippen LogP contribution in [-0.2, 0) is 9.53 Å². The highest BCUT2D eigenvalue weighted by Crippen LogP contribution is 2.75. The molecule has 0 radical (unpaired) electrons. The van der Waals surface area contributed by atoms with Crippen molar-refractivity contribution in [2.45, 2.75) is 20.3 Å². The van der Waals surface area contributed by atoms with Crippen LogP contribution in [0.25, 0.3) is 0 Å². The summed E-state index contributed by atoms with van der Waals surface area (Å²) in [7, 11) is 1.50. The van der Waals surface area contributed by atoms with Crippen LogP contribution in [-0.4, -0.2) is 13.1 Å². The number of hydrogen-bond acceptors (Lipinski definition) is 2. The second-order valence-corrected chi connectivity index (χ2v) is 5.11. The average Bonchev–Trinajstić information content (AvgIpc) is 3.01. The van der Waals surface area contributed by atoms with Crippen LogP contribution >= 0.6 is 0 Å². The van der Waals surface area contributed by atoms with Crippen LogP contribution in [0.3, 0.4) is 0 Å². The van der Waals surface area contributed by atoms with E-state index in [4.69, 9.17) is 4.74 Å². The fourth-order valence-electron chi connectivity index (χ4n) is 3.66. The summed E-state index contributed by atoms with van der Waals surface area (Å²) in [5, 5.41) is 0. The summed E-state index contributed by atoms with van der Waals surface area (Å²) in [6.07, 6.45) is 1.33. The van der Waals surface area contributed by atoms with Crippen molar-refractivity contribution >= 4 is 5.97 Å². The van der Waals surface area contributed by atoms with E-state index in [2.05, 4.69) is 13.8 Å². The molecular weight excluding hydrogens is 176 g/mol. The van der Waals surface area contributed by atoms with Gasteiger partial charge in [0.25, 0.3) is 0 Å². The van der Waals surface area contributed by atoms with Crippen molar-refractivity contribution in [2.24, 2.45) is 29.6 Å². The van der Waals surface area contributed by atoms with E-state index in [9.17, 15) is 4.79 Å². The number of carbonyl (C=O) groups is 1. The van der Waals surface area contributed by atoms with Gasteiger partial charge in [0.15, 0.2) is 0 Å². The van der Waals surface area contributed by atoms with Gasteiger partial charge in [-0.15, -0.1) is 0 Å². The third-order valence-corrected chi connectivity index (χ3v) is 4.22. The Balaban J connectivity index is 1.88. The Bertz CT molecular complexity index is 338. The number of rotatable bonds is 1. The third-order valence-electron chi connectivity index (χ3n) is 4.22. The Labute approximate surface area is 84.3 Å². The van der Waals surface area contributed by atoms with Gasteiger partial charge in [-0.1, -0.05) is 11.1 Å². The largest absolute Gasteiger partial charge is 0.469 e. The number of allylic oxidation sites excluding steroid dienone is 2. The molecule has 0 aromatic rings.